The molecule has 1 aromatic heterocycles. The van der Waals surface area contributed by atoms with Crippen LogP contribution in [-0.2, 0) is 0 Å². The van der Waals surface area contributed by atoms with Gasteiger partial charge in [-0.3, -0.25) is 0 Å². The average molecular weight is 297 g/mol. The first-order valence-electron chi connectivity index (χ1n) is 7.21. The summed E-state index contributed by atoms with van der Waals surface area (Å²) in [6, 6.07) is 15.4. The van der Waals surface area contributed by atoms with E-state index in [1.54, 1.807) is 18.0 Å². The summed E-state index contributed by atoms with van der Waals surface area (Å²) < 4.78 is 0. The molecule has 0 radical (unpaired) electrons. The normalized spacial score (nSPS) is 12.6. The molecule has 1 atom stereocenters. The second-order valence-electron chi connectivity index (χ2n) is 4.88. The van der Waals surface area contributed by atoms with Crippen LogP contribution in [0.5, 0.6) is 0 Å². The number of nitrogens with one attached hydrogen (secondary N) is 2. The van der Waals surface area contributed by atoms with E-state index < -0.39 is 0 Å². The highest BCUT2D eigenvalue weighted by Crippen LogP contribution is 2.28. The molecular weight excluding hydrogens is 278 g/mol. The van der Waals surface area contributed by atoms with Crippen molar-refractivity contribution in [3.63, 3.8) is 0 Å². The summed E-state index contributed by atoms with van der Waals surface area (Å²) in [5.41, 5.74) is 1.36. The van der Waals surface area contributed by atoms with Gasteiger partial charge < -0.3 is 10.3 Å². The van der Waals surface area contributed by atoms with Gasteiger partial charge in [0.1, 0.15) is 0 Å². The molecule has 3 nitrogen and oxygen atoms in total. The van der Waals surface area contributed by atoms with Crippen LogP contribution in [0.4, 0.5) is 0 Å². The minimum Gasteiger partial charge on any atom is -0.340 e. The highest BCUT2D eigenvalue weighted by Gasteiger charge is 2.14. The first-order chi connectivity index (χ1) is 10.4. The average Bonchev–Trinajstić information content (AvgIpc) is 3.04. The number of H-pyrrole nitrogens is 1. The summed E-state index contributed by atoms with van der Waals surface area (Å²) >= 11 is 1.75. The van der Waals surface area contributed by atoms with Gasteiger partial charge in [0.25, 0.3) is 0 Å². The Kier molecular flexibility index (Phi) is 4.58. The zero-order chi connectivity index (χ0) is 14.5. The minimum atomic E-state index is 0.316. The Bertz CT molecular complexity index is 689. The van der Waals surface area contributed by atoms with Crippen molar-refractivity contribution in [1.82, 2.24) is 15.3 Å². The number of hydrogen-bond acceptors (Lipinski definition) is 3. The van der Waals surface area contributed by atoms with Crippen LogP contribution in [0.25, 0.3) is 10.8 Å². The smallest absolute Gasteiger partial charge is 0.165 e. The number of rotatable bonds is 6. The Labute approximate surface area is 129 Å². The maximum Gasteiger partial charge on any atom is 0.165 e. The van der Waals surface area contributed by atoms with E-state index in [9.17, 15) is 0 Å². The Hall–Kier alpha value is -1.78. The summed E-state index contributed by atoms with van der Waals surface area (Å²) in [7, 11) is 0. The van der Waals surface area contributed by atoms with Crippen molar-refractivity contribution in [2.75, 3.05) is 12.3 Å². The summed E-state index contributed by atoms with van der Waals surface area (Å²) in [4.78, 5) is 7.43. The SMILES string of the molecule is CCNC(CSc1ncc[nH]1)c1cccc2ccccc12. The molecule has 0 aliphatic rings. The van der Waals surface area contributed by atoms with Crippen LogP contribution in [0.15, 0.2) is 60.0 Å². The van der Waals surface area contributed by atoms with Crippen molar-refractivity contribution < 1.29 is 0 Å². The lowest BCUT2D eigenvalue weighted by atomic mass is 9.99. The fourth-order valence-electron chi connectivity index (χ4n) is 2.55. The maximum absolute atomic E-state index is 4.28. The van der Waals surface area contributed by atoms with Gasteiger partial charge >= 0.3 is 0 Å². The third-order valence-corrected chi connectivity index (χ3v) is 4.51. The van der Waals surface area contributed by atoms with E-state index in [-0.39, 0.29) is 0 Å². The molecule has 0 fully saturated rings. The third kappa shape index (κ3) is 3.28. The van der Waals surface area contributed by atoms with Gasteiger partial charge in [-0.25, -0.2) is 4.98 Å². The Morgan fingerprint density at radius 2 is 2.05 bits per heavy atom. The topological polar surface area (TPSA) is 40.7 Å². The van der Waals surface area contributed by atoms with Crippen LogP contribution in [-0.4, -0.2) is 22.3 Å². The lowest BCUT2D eigenvalue weighted by molar-refractivity contribution is 0.609. The monoisotopic (exact) mass is 297 g/mol. The van der Waals surface area contributed by atoms with Gasteiger partial charge in [0.05, 0.1) is 0 Å². The highest BCUT2D eigenvalue weighted by molar-refractivity contribution is 7.99. The molecule has 4 heteroatoms. The van der Waals surface area contributed by atoms with Gasteiger partial charge in [-0.05, 0) is 22.9 Å². The highest BCUT2D eigenvalue weighted by atomic mass is 32.2. The van der Waals surface area contributed by atoms with E-state index >= 15 is 0 Å². The zero-order valence-corrected chi connectivity index (χ0v) is 12.9. The second kappa shape index (κ2) is 6.78. The van der Waals surface area contributed by atoms with Crippen LogP contribution in [0.2, 0.25) is 0 Å². The van der Waals surface area contributed by atoms with Crippen LogP contribution in [0.3, 0.4) is 0 Å². The number of fused-ring (bicyclic) bond motifs is 1. The molecule has 0 saturated carbocycles. The first-order valence-corrected chi connectivity index (χ1v) is 8.20. The molecule has 3 rings (SSSR count). The Balaban J connectivity index is 1.88. The Morgan fingerprint density at radius 1 is 1.19 bits per heavy atom. The summed E-state index contributed by atoms with van der Waals surface area (Å²) in [6.07, 6.45) is 3.66. The molecule has 0 spiro atoms. The van der Waals surface area contributed by atoms with Crippen LogP contribution < -0.4 is 5.32 Å². The van der Waals surface area contributed by atoms with Crippen molar-refractivity contribution in [3.8, 4) is 0 Å². The van der Waals surface area contributed by atoms with Crippen molar-refractivity contribution in [1.29, 1.82) is 0 Å². The van der Waals surface area contributed by atoms with Crippen LogP contribution >= 0.6 is 11.8 Å². The van der Waals surface area contributed by atoms with Crippen molar-refractivity contribution in [2.24, 2.45) is 0 Å². The fraction of sp³-hybridized carbons (Fsp3) is 0.235. The molecule has 0 aliphatic carbocycles. The molecule has 108 valence electrons. The molecule has 3 aromatic rings. The quantitative estimate of drug-likeness (QED) is 0.676. The van der Waals surface area contributed by atoms with E-state index in [0.29, 0.717) is 6.04 Å². The van der Waals surface area contributed by atoms with E-state index in [1.165, 1.54) is 16.3 Å². The predicted octanol–water partition coefficient (Wildman–Crippen LogP) is 4.01. The fourth-order valence-corrected chi connectivity index (χ4v) is 3.46. The molecule has 0 bridgehead atoms. The number of hydrogen-bond donors (Lipinski definition) is 2. The molecule has 1 unspecified atom stereocenters. The van der Waals surface area contributed by atoms with Crippen molar-refractivity contribution in [3.05, 3.63) is 60.4 Å². The maximum atomic E-state index is 4.28. The second-order valence-corrected chi connectivity index (χ2v) is 5.89. The number of aromatic nitrogens is 2. The first kappa shape index (κ1) is 14.2. The van der Waals surface area contributed by atoms with Crippen LogP contribution in [0.1, 0.15) is 18.5 Å². The van der Waals surface area contributed by atoms with Gasteiger partial charge in [-0.1, -0.05) is 61.2 Å². The number of nitrogens with zero attached hydrogens (tertiary/aromatic N) is 1. The molecule has 2 aromatic carbocycles. The predicted molar refractivity (Wildman–Crippen MR) is 89.7 cm³/mol. The number of imidazole rings is 1. The number of benzene rings is 2. The van der Waals surface area contributed by atoms with Gasteiger partial charge in [-0.15, -0.1) is 0 Å². The molecule has 21 heavy (non-hydrogen) atoms. The third-order valence-electron chi connectivity index (χ3n) is 3.51. The molecule has 2 N–H and O–H groups in total. The van der Waals surface area contributed by atoms with Gasteiger partial charge in [0.15, 0.2) is 5.16 Å². The summed E-state index contributed by atoms with van der Waals surface area (Å²) in [5.74, 6) is 0.954. The van der Waals surface area contributed by atoms with E-state index in [1.807, 2.05) is 6.20 Å². The summed E-state index contributed by atoms with van der Waals surface area (Å²) in [6.45, 7) is 3.10. The van der Waals surface area contributed by atoms with Crippen LogP contribution in [0, 0.1) is 0 Å². The largest absolute Gasteiger partial charge is 0.340 e. The number of aromatic amines is 1. The molecular formula is C17H19N3S. The molecule has 1 heterocycles. The zero-order valence-electron chi connectivity index (χ0n) is 12.0. The summed E-state index contributed by atoms with van der Waals surface area (Å²) in [5, 5.41) is 7.18. The molecule has 0 saturated heterocycles. The molecule has 0 amide bonds. The lowest BCUT2D eigenvalue weighted by Gasteiger charge is -2.19. The van der Waals surface area contributed by atoms with Gasteiger partial charge in [-0.2, -0.15) is 0 Å². The van der Waals surface area contributed by atoms with Crippen molar-refractivity contribution in [2.45, 2.75) is 18.1 Å². The van der Waals surface area contributed by atoms with E-state index in [0.717, 1.165) is 17.5 Å². The number of thioether (sulfide) groups is 1. The minimum absolute atomic E-state index is 0.316. The van der Waals surface area contributed by atoms with Crippen molar-refractivity contribution >= 4 is 22.5 Å². The lowest BCUT2D eigenvalue weighted by Crippen LogP contribution is -2.23. The van der Waals surface area contributed by atoms with Gasteiger partial charge in [0.2, 0.25) is 0 Å². The van der Waals surface area contributed by atoms with E-state index in [2.05, 4.69) is 64.7 Å². The molecule has 0 aliphatic heterocycles. The van der Waals surface area contributed by atoms with Gasteiger partial charge in [0, 0.05) is 24.2 Å². The standard InChI is InChI=1S/C17H19N3S/c1-2-18-16(12-21-17-19-10-11-20-17)15-9-5-7-13-6-3-4-8-14(13)15/h3-11,16,18H,2,12H2,1H3,(H,19,20). The Morgan fingerprint density at radius 3 is 2.86 bits per heavy atom. The van der Waals surface area contributed by atoms with E-state index in [4.69, 9.17) is 0 Å².